The van der Waals surface area contributed by atoms with Crippen LogP contribution in [0.25, 0.3) is 0 Å². The summed E-state index contributed by atoms with van der Waals surface area (Å²) in [6.45, 7) is 6.97. The SMILES string of the molecule is COC(=O)c1ccc(NCc2ccc(C)cc2C)c(C)c1. The van der Waals surface area contributed by atoms with E-state index in [9.17, 15) is 4.79 Å². The number of aryl methyl sites for hydroxylation is 3. The van der Waals surface area contributed by atoms with Gasteiger partial charge in [0.1, 0.15) is 0 Å². The largest absolute Gasteiger partial charge is 0.465 e. The van der Waals surface area contributed by atoms with Crippen molar-refractivity contribution in [1.29, 1.82) is 0 Å². The van der Waals surface area contributed by atoms with Gasteiger partial charge in [-0.15, -0.1) is 0 Å². The summed E-state index contributed by atoms with van der Waals surface area (Å²) in [5.41, 5.74) is 6.47. The van der Waals surface area contributed by atoms with Crippen molar-refractivity contribution < 1.29 is 9.53 Å². The third kappa shape index (κ3) is 3.63. The lowest BCUT2D eigenvalue weighted by Crippen LogP contribution is -2.05. The zero-order chi connectivity index (χ0) is 15.4. The highest BCUT2D eigenvalue weighted by Crippen LogP contribution is 2.19. The summed E-state index contributed by atoms with van der Waals surface area (Å²) in [5, 5.41) is 3.42. The van der Waals surface area contributed by atoms with Crippen molar-refractivity contribution in [2.75, 3.05) is 12.4 Å². The molecule has 21 heavy (non-hydrogen) atoms. The topological polar surface area (TPSA) is 38.3 Å². The summed E-state index contributed by atoms with van der Waals surface area (Å²) in [6.07, 6.45) is 0. The van der Waals surface area contributed by atoms with Gasteiger partial charge in [0.2, 0.25) is 0 Å². The van der Waals surface area contributed by atoms with Crippen molar-refractivity contribution in [2.45, 2.75) is 27.3 Å². The van der Waals surface area contributed by atoms with E-state index in [4.69, 9.17) is 4.74 Å². The fraction of sp³-hybridized carbons (Fsp3) is 0.278. The van der Waals surface area contributed by atoms with Crippen LogP contribution in [0, 0.1) is 20.8 Å². The van der Waals surface area contributed by atoms with Crippen molar-refractivity contribution in [3.63, 3.8) is 0 Å². The van der Waals surface area contributed by atoms with Crippen LogP contribution in [0.2, 0.25) is 0 Å². The molecule has 0 saturated heterocycles. The average molecular weight is 283 g/mol. The molecular formula is C18H21NO2. The molecule has 0 saturated carbocycles. The maximum absolute atomic E-state index is 11.5. The van der Waals surface area contributed by atoms with Crippen LogP contribution in [0.3, 0.4) is 0 Å². The van der Waals surface area contributed by atoms with Crippen molar-refractivity contribution >= 4 is 11.7 Å². The lowest BCUT2D eigenvalue weighted by atomic mass is 10.1. The number of benzene rings is 2. The molecule has 0 heterocycles. The third-order valence-corrected chi connectivity index (χ3v) is 3.61. The van der Waals surface area contributed by atoms with Crippen LogP contribution in [-0.4, -0.2) is 13.1 Å². The highest BCUT2D eigenvalue weighted by atomic mass is 16.5. The van der Waals surface area contributed by atoms with Crippen molar-refractivity contribution in [1.82, 2.24) is 0 Å². The van der Waals surface area contributed by atoms with Crippen LogP contribution in [0.4, 0.5) is 5.69 Å². The molecule has 0 aliphatic carbocycles. The van der Waals surface area contributed by atoms with Crippen LogP contribution in [0.5, 0.6) is 0 Å². The number of carbonyl (C=O) groups is 1. The number of hydrogen-bond donors (Lipinski definition) is 1. The second-order valence-corrected chi connectivity index (χ2v) is 5.30. The third-order valence-electron chi connectivity index (χ3n) is 3.61. The van der Waals surface area contributed by atoms with Crippen LogP contribution < -0.4 is 5.32 Å². The lowest BCUT2D eigenvalue weighted by Gasteiger charge is -2.12. The Labute approximate surface area is 126 Å². The van der Waals surface area contributed by atoms with Crippen LogP contribution >= 0.6 is 0 Å². The molecule has 0 spiro atoms. The quantitative estimate of drug-likeness (QED) is 0.862. The predicted molar refractivity (Wildman–Crippen MR) is 85.8 cm³/mol. The Bertz CT molecular complexity index is 662. The summed E-state index contributed by atoms with van der Waals surface area (Å²) < 4.78 is 4.73. The van der Waals surface area contributed by atoms with E-state index in [-0.39, 0.29) is 5.97 Å². The monoisotopic (exact) mass is 283 g/mol. The Morgan fingerprint density at radius 3 is 2.43 bits per heavy atom. The minimum atomic E-state index is -0.306. The Kier molecular flexibility index (Phi) is 4.63. The number of anilines is 1. The maximum Gasteiger partial charge on any atom is 0.337 e. The van der Waals surface area contributed by atoms with Crippen molar-refractivity contribution in [2.24, 2.45) is 0 Å². The molecule has 0 fully saturated rings. The van der Waals surface area contributed by atoms with E-state index in [1.165, 1.54) is 23.8 Å². The van der Waals surface area contributed by atoms with E-state index in [0.717, 1.165) is 17.8 Å². The Morgan fingerprint density at radius 1 is 1.05 bits per heavy atom. The second-order valence-electron chi connectivity index (χ2n) is 5.30. The molecule has 0 aliphatic rings. The van der Waals surface area contributed by atoms with Gasteiger partial charge in [0.15, 0.2) is 0 Å². The van der Waals surface area contributed by atoms with Gasteiger partial charge in [-0.05, 0) is 55.7 Å². The van der Waals surface area contributed by atoms with Crippen molar-refractivity contribution in [3.05, 3.63) is 64.2 Å². The number of methoxy groups -OCH3 is 1. The molecule has 3 nitrogen and oxygen atoms in total. The molecule has 2 aromatic rings. The first-order valence-corrected chi connectivity index (χ1v) is 7.00. The van der Waals surface area contributed by atoms with E-state index in [2.05, 4.69) is 37.4 Å². The number of esters is 1. The molecule has 0 atom stereocenters. The van der Waals surface area contributed by atoms with E-state index < -0.39 is 0 Å². The molecule has 0 aliphatic heterocycles. The lowest BCUT2D eigenvalue weighted by molar-refractivity contribution is 0.0600. The fourth-order valence-corrected chi connectivity index (χ4v) is 2.34. The number of hydrogen-bond acceptors (Lipinski definition) is 3. The van der Waals surface area contributed by atoms with E-state index >= 15 is 0 Å². The van der Waals surface area contributed by atoms with E-state index in [1.807, 2.05) is 19.1 Å². The van der Waals surface area contributed by atoms with Crippen molar-refractivity contribution in [3.8, 4) is 0 Å². The Balaban J connectivity index is 2.11. The number of ether oxygens (including phenoxy) is 1. The number of nitrogens with one attached hydrogen (secondary N) is 1. The Hall–Kier alpha value is -2.29. The summed E-state index contributed by atoms with van der Waals surface area (Å²) in [7, 11) is 1.39. The molecule has 0 radical (unpaired) electrons. The first-order chi connectivity index (χ1) is 10.0. The number of carbonyl (C=O) groups excluding carboxylic acids is 1. The molecule has 1 N–H and O–H groups in total. The molecule has 0 unspecified atom stereocenters. The zero-order valence-corrected chi connectivity index (χ0v) is 13.0. The molecule has 0 bridgehead atoms. The molecule has 0 aromatic heterocycles. The van der Waals surface area contributed by atoms with E-state index in [0.29, 0.717) is 5.56 Å². The summed E-state index contributed by atoms with van der Waals surface area (Å²) in [5.74, 6) is -0.306. The highest BCUT2D eigenvalue weighted by molar-refractivity contribution is 5.90. The standard InChI is InChI=1S/C18H21NO2/c1-12-5-6-16(13(2)9-12)11-19-17-8-7-15(10-14(17)3)18(20)21-4/h5-10,19H,11H2,1-4H3. The smallest absolute Gasteiger partial charge is 0.337 e. The minimum Gasteiger partial charge on any atom is -0.465 e. The normalized spacial score (nSPS) is 10.3. The molecular weight excluding hydrogens is 262 g/mol. The maximum atomic E-state index is 11.5. The second kappa shape index (κ2) is 6.44. The minimum absolute atomic E-state index is 0.306. The van der Waals surface area contributed by atoms with Gasteiger partial charge >= 0.3 is 5.97 Å². The summed E-state index contributed by atoms with van der Waals surface area (Å²) >= 11 is 0. The first-order valence-electron chi connectivity index (χ1n) is 7.00. The van der Waals surface area contributed by atoms with Crippen LogP contribution in [0.15, 0.2) is 36.4 Å². The number of rotatable bonds is 4. The van der Waals surface area contributed by atoms with E-state index in [1.54, 1.807) is 6.07 Å². The van der Waals surface area contributed by atoms with Gasteiger partial charge in [-0.2, -0.15) is 0 Å². The molecule has 110 valence electrons. The van der Waals surface area contributed by atoms with Gasteiger partial charge in [0, 0.05) is 12.2 Å². The molecule has 2 aromatic carbocycles. The average Bonchev–Trinajstić information content (AvgIpc) is 2.46. The highest BCUT2D eigenvalue weighted by Gasteiger charge is 2.07. The van der Waals surface area contributed by atoms with Crippen LogP contribution in [-0.2, 0) is 11.3 Å². The summed E-state index contributed by atoms with van der Waals surface area (Å²) in [6, 6.07) is 12.0. The summed E-state index contributed by atoms with van der Waals surface area (Å²) in [4.78, 5) is 11.5. The van der Waals surface area contributed by atoms with Gasteiger partial charge in [0.05, 0.1) is 12.7 Å². The van der Waals surface area contributed by atoms with Gasteiger partial charge in [-0.25, -0.2) is 4.79 Å². The van der Waals surface area contributed by atoms with Gasteiger partial charge in [-0.1, -0.05) is 23.8 Å². The Morgan fingerprint density at radius 2 is 1.81 bits per heavy atom. The first kappa shape index (κ1) is 15.1. The molecule has 2 rings (SSSR count). The van der Waals surface area contributed by atoms with Gasteiger partial charge in [0.25, 0.3) is 0 Å². The van der Waals surface area contributed by atoms with Gasteiger partial charge < -0.3 is 10.1 Å². The van der Waals surface area contributed by atoms with Crippen LogP contribution in [0.1, 0.15) is 32.6 Å². The molecule has 3 heteroatoms. The zero-order valence-electron chi connectivity index (χ0n) is 13.0. The fourth-order valence-electron chi connectivity index (χ4n) is 2.34. The predicted octanol–water partition coefficient (Wildman–Crippen LogP) is 4.01. The molecule has 0 amide bonds. The van der Waals surface area contributed by atoms with Gasteiger partial charge in [-0.3, -0.25) is 0 Å².